The van der Waals surface area contributed by atoms with Crippen LogP contribution in [-0.4, -0.2) is 6.61 Å². The topological polar surface area (TPSA) is 9.23 Å². The van der Waals surface area contributed by atoms with Gasteiger partial charge in [0, 0.05) is 5.41 Å². The summed E-state index contributed by atoms with van der Waals surface area (Å²) >= 11 is 0. The first-order chi connectivity index (χ1) is 8.64. The van der Waals surface area contributed by atoms with Crippen LogP contribution in [0.5, 0.6) is 0 Å². The number of allylic oxidation sites excluding steroid dienone is 1. The van der Waals surface area contributed by atoms with Crippen molar-refractivity contribution in [3.05, 3.63) is 48.0 Å². The molecule has 1 rings (SSSR count). The molecule has 1 aromatic rings. The number of ether oxygens (including phenoxy) is 1. The highest BCUT2D eigenvalue weighted by atomic mass is 16.5. The lowest BCUT2D eigenvalue weighted by Crippen LogP contribution is -2.30. The fourth-order valence-electron chi connectivity index (χ4n) is 2.30. The second-order valence-corrected chi connectivity index (χ2v) is 5.22. The van der Waals surface area contributed by atoms with Crippen molar-refractivity contribution >= 4 is 0 Å². The van der Waals surface area contributed by atoms with Gasteiger partial charge in [0.1, 0.15) is 0 Å². The van der Waals surface area contributed by atoms with Gasteiger partial charge in [-0.15, -0.1) is 0 Å². The molecule has 0 aliphatic rings. The van der Waals surface area contributed by atoms with Crippen molar-refractivity contribution in [3.8, 4) is 0 Å². The average molecular weight is 246 g/mol. The van der Waals surface area contributed by atoms with Gasteiger partial charge < -0.3 is 4.74 Å². The van der Waals surface area contributed by atoms with Crippen LogP contribution < -0.4 is 0 Å². The lowest BCUT2D eigenvalue weighted by atomic mass is 9.75. The first-order valence-corrected chi connectivity index (χ1v) is 6.90. The molecule has 1 aromatic carbocycles. The Morgan fingerprint density at radius 1 is 1.22 bits per heavy atom. The molecule has 0 spiro atoms. The Morgan fingerprint density at radius 2 is 1.89 bits per heavy atom. The third-order valence-corrected chi connectivity index (χ3v) is 3.79. The van der Waals surface area contributed by atoms with Gasteiger partial charge >= 0.3 is 0 Å². The van der Waals surface area contributed by atoms with Crippen LogP contribution in [0, 0.1) is 11.3 Å². The lowest BCUT2D eigenvalue weighted by Gasteiger charge is -2.33. The van der Waals surface area contributed by atoms with Crippen LogP contribution >= 0.6 is 0 Å². The van der Waals surface area contributed by atoms with Crippen LogP contribution in [0.15, 0.2) is 42.5 Å². The fourth-order valence-corrected chi connectivity index (χ4v) is 2.30. The molecule has 18 heavy (non-hydrogen) atoms. The van der Waals surface area contributed by atoms with Crippen molar-refractivity contribution in [2.24, 2.45) is 11.3 Å². The lowest BCUT2D eigenvalue weighted by molar-refractivity contribution is 0.0319. The molecule has 0 radical (unpaired) electrons. The van der Waals surface area contributed by atoms with E-state index in [4.69, 9.17) is 4.74 Å². The smallest absolute Gasteiger partial charge is 0.0717 e. The molecule has 0 aliphatic heterocycles. The molecule has 1 nitrogen and oxygen atoms in total. The first kappa shape index (κ1) is 15.0. The van der Waals surface area contributed by atoms with E-state index in [1.165, 1.54) is 5.56 Å². The highest BCUT2D eigenvalue weighted by Crippen LogP contribution is 2.33. The largest absolute Gasteiger partial charge is 0.376 e. The number of rotatable bonds is 7. The Balaban J connectivity index is 2.58. The molecular weight excluding hydrogens is 220 g/mol. The zero-order valence-corrected chi connectivity index (χ0v) is 12.1. The molecule has 0 fully saturated rings. The molecule has 0 heterocycles. The molecule has 0 bridgehead atoms. The summed E-state index contributed by atoms with van der Waals surface area (Å²) in [6.45, 7) is 10.4. The molecule has 0 aliphatic carbocycles. The third kappa shape index (κ3) is 3.99. The van der Waals surface area contributed by atoms with Gasteiger partial charge in [0.2, 0.25) is 0 Å². The zero-order chi connectivity index (χ0) is 13.4. The Kier molecular flexibility index (Phi) is 6.14. The van der Waals surface area contributed by atoms with Crippen LogP contribution in [0.2, 0.25) is 0 Å². The summed E-state index contributed by atoms with van der Waals surface area (Å²) in [4.78, 5) is 0. The molecule has 0 saturated carbocycles. The number of benzene rings is 1. The molecule has 1 heteroatoms. The van der Waals surface area contributed by atoms with E-state index in [-0.39, 0.29) is 5.41 Å². The quantitative estimate of drug-likeness (QED) is 0.626. The van der Waals surface area contributed by atoms with E-state index in [2.05, 4.69) is 64.1 Å². The van der Waals surface area contributed by atoms with E-state index in [0.717, 1.165) is 13.0 Å². The molecule has 1 atom stereocenters. The second kappa shape index (κ2) is 7.38. The molecule has 0 unspecified atom stereocenters. The highest BCUT2D eigenvalue weighted by molar-refractivity contribution is 5.13. The summed E-state index contributed by atoms with van der Waals surface area (Å²) < 4.78 is 5.94. The van der Waals surface area contributed by atoms with Crippen LogP contribution in [0.4, 0.5) is 0 Å². The minimum absolute atomic E-state index is 0.170. The Bertz CT molecular complexity index is 353. The summed E-state index contributed by atoms with van der Waals surface area (Å²) in [5, 5.41) is 0. The van der Waals surface area contributed by atoms with E-state index in [1.54, 1.807) is 0 Å². The van der Waals surface area contributed by atoms with Gasteiger partial charge in [-0.25, -0.2) is 0 Å². The van der Waals surface area contributed by atoms with Crippen molar-refractivity contribution in [1.29, 1.82) is 0 Å². The minimum atomic E-state index is 0.170. The average Bonchev–Trinajstić information content (AvgIpc) is 2.38. The summed E-state index contributed by atoms with van der Waals surface area (Å²) in [5.41, 5.74) is 1.41. The Hall–Kier alpha value is -1.08. The maximum atomic E-state index is 5.94. The molecule has 100 valence electrons. The van der Waals surface area contributed by atoms with Gasteiger partial charge in [-0.2, -0.15) is 0 Å². The van der Waals surface area contributed by atoms with Crippen molar-refractivity contribution in [1.82, 2.24) is 0 Å². The zero-order valence-electron chi connectivity index (χ0n) is 12.1. The summed E-state index contributed by atoms with van der Waals surface area (Å²) in [6.07, 6.45) is 5.57. The predicted molar refractivity (Wildman–Crippen MR) is 78.5 cm³/mol. The van der Waals surface area contributed by atoms with Crippen LogP contribution in [-0.2, 0) is 11.3 Å². The van der Waals surface area contributed by atoms with Gasteiger partial charge in [-0.1, -0.05) is 63.3 Å². The van der Waals surface area contributed by atoms with Gasteiger partial charge in [-0.3, -0.25) is 0 Å². The second-order valence-electron chi connectivity index (χ2n) is 5.22. The Morgan fingerprint density at radius 3 is 2.39 bits per heavy atom. The maximum absolute atomic E-state index is 5.94. The van der Waals surface area contributed by atoms with Crippen LogP contribution in [0.3, 0.4) is 0 Å². The highest BCUT2D eigenvalue weighted by Gasteiger charge is 2.29. The first-order valence-electron chi connectivity index (χ1n) is 6.90. The third-order valence-electron chi connectivity index (χ3n) is 3.79. The number of hydrogen-bond acceptors (Lipinski definition) is 1. The normalized spacial score (nSPS) is 15.2. The van der Waals surface area contributed by atoms with Gasteiger partial charge in [0.15, 0.2) is 0 Å². The fraction of sp³-hybridized carbons (Fsp3) is 0.529. The predicted octanol–water partition coefficient (Wildman–Crippen LogP) is 4.83. The molecule has 0 amide bonds. The molecular formula is C17H26O. The van der Waals surface area contributed by atoms with Gasteiger partial charge in [0.05, 0.1) is 13.2 Å². The summed E-state index contributed by atoms with van der Waals surface area (Å²) in [5.74, 6) is 0.592. The van der Waals surface area contributed by atoms with Crippen molar-refractivity contribution in [2.75, 3.05) is 6.61 Å². The molecule has 0 N–H and O–H groups in total. The van der Waals surface area contributed by atoms with E-state index >= 15 is 0 Å². The van der Waals surface area contributed by atoms with Crippen molar-refractivity contribution < 1.29 is 4.74 Å². The van der Waals surface area contributed by atoms with Crippen LogP contribution in [0.25, 0.3) is 0 Å². The van der Waals surface area contributed by atoms with Gasteiger partial charge in [0.25, 0.3) is 0 Å². The van der Waals surface area contributed by atoms with Crippen molar-refractivity contribution in [3.63, 3.8) is 0 Å². The minimum Gasteiger partial charge on any atom is -0.376 e. The standard InChI is InChI=1S/C17H26O/c1-5-12-17(6-2,15(3)4)14-18-13-16-10-8-7-9-11-16/h5,7-12,15H,6,13-14H2,1-4H3/b12-5+/t17-/m0/s1. The van der Waals surface area contributed by atoms with Crippen molar-refractivity contribution in [2.45, 2.75) is 40.7 Å². The maximum Gasteiger partial charge on any atom is 0.0717 e. The number of hydrogen-bond donors (Lipinski definition) is 0. The molecule has 0 saturated heterocycles. The summed E-state index contributed by atoms with van der Waals surface area (Å²) in [7, 11) is 0. The van der Waals surface area contributed by atoms with E-state index in [0.29, 0.717) is 12.5 Å². The van der Waals surface area contributed by atoms with E-state index in [1.807, 2.05) is 6.07 Å². The summed E-state index contributed by atoms with van der Waals surface area (Å²) in [6, 6.07) is 10.4. The van der Waals surface area contributed by atoms with E-state index < -0.39 is 0 Å². The monoisotopic (exact) mass is 246 g/mol. The van der Waals surface area contributed by atoms with Gasteiger partial charge in [-0.05, 0) is 24.8 Å². The molecule has 0 aromatic heterocycles. The SMILES string of the molecule is C/C=C/[C@@](CC)(COCc1ccccc1)C(C)C. The van der Waals surface area contributed by atoms with Crippen LogP contribution in [0.1, 0.15) is 39.7 Å². The van der Waals surface area contributed by atoms with E-state index in [9.17, 15) is 0 Å². The Labute approximate surface area is 112 Å².